The fourth-order valence-corrected chi connectivity index (χ4v) is 3.04. The molecule has 3 N–H and O–H groups in total. The summed E-state index contributed by atoms with van der Waals surface area (Å²) in [5.74, 6) is 0.833. The quantitative estimate of drug-likeness (QED) is 0.760. The number of rotatable bonds is 6. The van der Waals surface area contributed by atoms with Crippen LogP contribution in [0.25, 0.3) is 0 Å². The minimum atomic E-state index is -0.233. The van der Waals surface area contributed by atoms with Crippen LogP contribution in [-0.2, 0) is 0 Å². The molecule has 7 nitrogen and oxygen atoms in total. The van der Waals surface area contributed by atoms with E-state index < -0.39 is 0 Å². The number of nitrogens with zero attached hydrogens (tertiary/aromatic N) is 2. The number of carbonyl (C=O) groups is 1. The van der Waals surface area contributed by atoms with E-state index in [-0.39, 0.29) is 12.1 Å². The van der Waals surface area contributed by atoms with Crippen molar-refractivity contribution in [3.63, 3.8) is 0 Å². The summed E-state index contributed by atoms with van der Waals surface area (Å²) in [6, 6.07) is 7.95. The maximum absolute atomic E-state index is 12.1. The molecular formula is C17H23N5O2. The number of methoxy groups -OCH3 is 1. The molecule has 1 aliphatic heterocycles. The van der Waals surface area contributed by atoms with Gasteiger partial charge in [-0.3, -0.25) is 10.00 Å². The highest BCUT2D eigenvalue weighted by atomic mass is 16.5. The predicted octanol–water partition coefficient (Wildman–Crippen LogP) is 2.38. The molecule has 3 rings (SSSR count). The number of ether oxygens (including phenoxy) is 1. The summed E-state index contributed by atoms with van der Waals surface area (Å²) in [7, 11) is 1.67. The molecule has 1 atom stereocenters. The Morgan fingerprint density at radius 2 is 2.25 bits per heavy atom. The van der Waals surface area contributed by atoms with Gasteiger partial charge in [-0.25, -0.2) is 4.79 Å². The molecule has 7 heteroatoms. The third-order valence-electron chi connectivity index (χ3n) is 4.27. The second kappa shape index (κ2) is 7.83. The van der Waals surface area contributed by atoms with Gasteiger partial charge in [0.25, 0.3) is 0 Å². The molecule has 0 saturated carbocycles. The lowest BCUT2D eigenvalue weighted by Gasteiger charge is -2.28. The molecular weight excluding hydrogens is 306 g/mol. The van der Waals surface area contributed by atoms with Gasteiger partial charge in [0.2, 0.25) is 0 Å². The molecule has 2 heterocycles. The number of H-pyrrole nitrogens is 1. The lowest BCUT2D eigenvalue weighted by molar-refractivity contribution is 0.227. The van der Waals surface area contributed by atoms with Crippen LogP contribution >= 0.6 is 0 Å². The summed E-state index contributed by atoms with van der Waals surface area (Å²) in [4.78, 5) is 14.5. The van der Waals surface area contributed by atoms with E-state index in [1.807, 2.05) is 18.2 Å². The number of urea groups is 1. The molecule has 0 aliphatic carbocycles. The summed E-state index contributed by atoms with van der Waals surface area (Å²) in [6.45, 7) is 2.64. The van der Waals surface area contributed by atoms with E-state index in [2.05, 4.69) is 31.8 Å². The van der Waals surface area contributed by atoms with Crippen molar-refractivity contribution in [1.82, 2.24) is 20.4 Å². The van der Waals surface area contributed by atoms with Gasteiger partial charge in [-0.05, 0) is 43.6 Å². The molecule has 2 aromatic rings. The number of benzene rings is 1. The lowest BCUT2D eigenvalue weighted by Crippen LogP contribution is -2.38. The second-order valence-corrected chi connectivity index (χ2v) is 5.86. The smallest absolute Gasteiger partial charge is 0.319 e. The molecule has 1 aliphatic rings. The predicted molar refractivity (Wildman–Crippen MR) is 92.2 cm³/mol. The number of amides is 2. The van der Waals surface area contributed by atoms with Gasteiger partial charge in [-0.2, -0.15) is 5.10 Å². The zero-order chi connectivity index (χ0) is 16.8. The third kappa shape index (κ3) is 4.05. The Labute approximate surface area is 141 Å². The first-order valence-electron chi connectivity index (χ1n) is 8.18. The largest absolute Gasteiger partial charge is 0.497 e. The molecule has 0 bridgehead atoms. The van der Waals surface area contributed by atoms with E-state index >= 15 is 0 Å². The maximum Gasteiger partial charge on any atom is 0.319 e. The van der Waals surface area contributed by atoms with Gasteiger partial charge < -0.3 is 15.4 Å². The van der Waals surface area contributed by atoms with Gasteiger partial charge in [0.15, 0.2) is 0 Å². The highest BCUT2D eigenvalue weighted by Crippen LogP contribution is 2.27. The number of nitrogens with one attached hydrogen (secondary N) is 3. The van der Waals surface area contributed by atoms with Crippen molar-refractivity contribution >= 4 is 11.7 Å². The molecule has 0 unspecified atom stereocenters. The van der Waals surface area contributed by atoms with Crippen LogP contribution in [0.5, 0.6) is 5.75 Å². The summed E-state index contributed by atoms with van der Waals surface area (Å²) >= 11 is 0. The Kier molecular flexibility index (Phi) is 5.32. The van der Waals surface area contributed by atoms with E-state index in [9.17, 15) is 4.79 Å². The second-order valence-electron chi connectivity index (χ2n) is 5.86. The van der Waals surface area contributed by atoms with Crippen molar-refractivity contribution in [2.75, 3.05) is 32.1 Å². The van der Waals surface area contributed by atoms with Crippen LogP contribution in [-0.4, -0.2) is 47.9 Å². The van der Waals surface area contributed by atoms with Gasteiger partial charge in [0.05, 0.1) is 25.0 Å². The molecule has 1 saturated heterocycles. The molecule has 0 radical (unpaired) electrons. The molecule has 1 aromatic heterocycles. The van der Waals surface area contributed by atoms with Crippen molar-refractivity contribution < 1.29 is 9.53 Å². The molecule has 2 amide bonds. The van der Waals surface area contributed by atoms with E-state index in [1.165, 1.54) is 12.8 Å². The maximum atomic E-state index is 12.1. The van der Waals surface area contributed by atoms with Crippen molar-refractivity contribution in [2.45, 2.75) is 18.9 Å². The van der Waals surface area contributed by atoms with Crippen molar-refractivity contribution in [1.29, 1.82) is 0 Å². The molecule has 0 spiro atoms. The van der Waals surface area contributed by atoms with Gasteiger partial charge in [0, 0.05) is 12.7 Å². The van der Waals surface area contributed by atoms with Crippen molar-refractivity contribution in [3.8, 4) is 5.75 Å². The van der Waals surface area contributed by atoms with E-state index in [0.29, 0.717) is 12.2 Å². The van der Waals surface area contributed by atoms with Crippen LogP contribution < -0.4 is 15.4 Å². The van der Waals surface area contributed by atoms with Crippen LogP contribution in [0.4, 0.5) is 10.5 Å². The summed E-state index contributed by atoms with van der Waals surface area (Å²) in [6.07, 6.45) is 5.60. The van der Waals surface area contributed by atoms with Crippen LogP contribution in [0.15, 0.2) is 36.7 Å². The molecule has 128 valence electrons. The zero-order valence-electron chi connectivity index (χ0n) is 13.8. The number of anilines is 1. The highest BCUT2D eigenvalue weighted by molar-refractivity contribution is 5.88. The SMILES string of the molecule is COc1cccc([C@@H](CNC(=O)Nc2cn[nH]c2)N2CCCC2)c1. The van der Waals surface area contributed by atoms with E-state index in [4.69, 9.17) is 4.74 Å². The first-order valence-corrected chi connectivity index (χ1v) is 8.18. The Bertz CT molecular complexity index is 653. The van der Waals surface area contributed by atoms with Crippen molar-refractivity contribution in [3.05, 3.63) is 42.2 Å². The Balaban J connectivity index is 1.66. The third-order valence-corrected chi connectivity index (χ3v) is 4.27. The minimum Gasteiger partial charge on any atom is -0.497 e. The fourth-order valence-electron chi connectivity index (χ4n) is 3.04. The summed E-state index contributed by atoms with van der Waals surface area (Å²) in [5, 5.41) is 12.2. The average molecular weight is 329 g/mol. The number of hydrogen-bond donors (Lipinski definition) is 3. The molecule has 1 fully saturated rings. The summed E-state index contributed by atoms with van der Waals surface area (Å²) in [5.41, 5.74) is 1.80. The van der Waals surface area contributed by atoms with Crippen molar-refractivity contribution in [2.24, 2.45) is 0 Å². The topological polar surface area (TPSA) is 82.3 Å². The standard InChI is InChI=1S/C17H23N5O2/c1-24-15-6-4-5-13(9-15)16(22-7-2-3-8-22)12-18-17(23)21-14-10-19-20-11-14/h4-6,9-11,16H,2-3,7-8,12H2,1H3,(H,19,20)(H2,18,21,23)/t16-/m1/s1. The lowest BCUT2D eigenvalue weighted by atomic mass is 10.1. The number of aromatic nitrogens is 2. The monoisotopic (exact) mass is 329 g/mol. The number of likely N-dealkylation sites (tertiary alicyclic amines) is 1. The van der Waals surface area contributed by atoms with Gasteiger partial charge >= 0.3 is 6.03 Å². The average Bonchev–Trinajstić information content (AvgIpc) is 3.29. The van der Waals surface area contributed by atoms with E-state index in [1.54, 1.807) is 19.5 Å². The minimum absolute atomic E-state index is 0.137. The first-order chi connectivity index (χ1) is 11.8. The summed E-state index contributed by atoms with van der Waals surface area (Å²) < 4.78 is 5.33. The molecule has 24 heavy (non-hydrogen) atoms. The fraction of sp³-hybridized carbons (Fsp3) is 0.412. The van der Waals surface area contributed by atoms with Crippen LogP contribution in [0, 0.1) is 0 Å². The van der Waals surface area contributed by atoms with Gasteiger partial charge in [-0.1, -0.05) is 12.1 Å². The zero-order valence-corrected chi connectivity index (χ0v) is 13.8. The Morgan fingerprint density at radius 1 is 1.42 bits per heavy atom. The van der Waals surface area contributed by atoms with Crippen LogP contribution in [0.2, 0.25) is 0 Å². The van der Waals surface area contributed by atoms with Gasteiger partial charge in [-0.15, -0.1) is 0 Å². The number of hydrogen-bond acceptors (Lipinski definition) is 4. The highest BCUT2D eigenvalue weighted by Gasteiger charge is 2.24. The number of aromatic amines is 1. The van der Waals surface area contributed by atoms with Crippen LogP contribution in [0.3, 0.4) is 0 Å². The first kappa shape index (κ1) is 16.3. The van der Waals surface area contributed by atoms with Crippen LogP contribution in [0.1, 0.15) is 24.4 Å². The normalized spacial score (nSPS) is 15.9. The molecule has 1 aromatic carbocycles. The van der Waals surface area contributed by atoms with Gasteiger partial charge in [0.1, 0.15) is 5.75 Å². The Hall–Kier alpha value is -2.54. The van der Waals surface area contributed by atoms with E-state index in [0.717, 1.165) is 24.4 Å². The Morgan fingerprint density at radius 3 is 2.96 bits per heavy atom. The number of carbonyl (C=O) groups excluding carboxylic acids is 1.